The average molecular weight is 136 g/mol. The van der Waals surface area contributed by atoms with E-state index in [2.05, 4.69) is 4.98 Å². The van der Waals surface area contributed by atoms with Crippen molar-refractivity contribution in [1.82, 2.24) is 9.55 Å². The van der Waals surface area contributed by atoms with Gasteiger partial charge in [0.2, 0.25) is 0 Å². The first-order chi connectivity index (χ1) is 4.79. The standard InChI is InChI=1S/C7H8N2O/c1-5-7-6(10)2-3-9(7)4-8-5/h4H,2-3H2,1H3. The zero-order chi connectivity index (χ0) is 7.14. The molecule has 0 radical (unpaired) electrons. The second-order valence-electron chi connectivity index (χ2n) is 2.55. The first-order valence-corrected chi connectivity index (χ1v) is 3.34. The van der Waals surface area contributed by atoms with E-state index in [0.29, 0.717) is 6.42 Å². The van der Waals surface area contributed by atoms with Gasteiger partial charge in [-0.1, -0.05) is 0 Å². The molecular weight excluding hydrogens is 128 g/mol. The second kappa shape index (κ2) is 1.68. The van der Waals surface area contributed by atoms with Crippen LogP contribution in [-0.2, 0) is 6.54 Å². The van der Waals surface area contributed by atoms with Crippen LogP contribution in [0.1, 0.15) is 22.6 Å². The minimum absolute atomic E-state index is 0.231. The van der Waals surface area contributed by atoms with E-state index in [1.165, 1.54) is 0 Å². The van der Waals surface area contributed by atoms with Gasteiger partial charge in [0.1, 0.15) is 5.69 Å². The Morgan fingerprint density at radius 3 is 3.20 bits per heavy atom. The number of carbonyl (C=O) groups excluding carboxylic acids is 1. The predicted molar refractivity (Wildman–Crippen MR) is 35.9 cm³/mol. The molecule has 3 heteroatoms. The van der Waals surface area contributed by atoms with Crippen molar-refractivity contribution in [2.24, 2.45) is 0 Å². The van der Waals surface area contributed by atoms with Crippen molar-refractivity contribution >= 4 is 5.78 Å². The number of rotatable bonds is 0. The van der Waals surface area contributed by atoms with Gasteiger partial charge in [-0.25, -0.2) is 4.98 Å². The average Bonchev–Trinajstić information content (AvgIpc) is 2.40. The predicted octanol–water partition coefficient (Wildman–Crippen LogP) is 0.778. The van der Waals surface area contributed by atoms with Crippen molar-refractivity contribution in [2.75, 3.05) is 0 Å². The molecule has 0 saturated heterocycles. The molecule has 2 heterocycles. The largest absolute Gasteiger partial charge is 0.328 e. The van der Waals surface area contributed by atoms with Crippen LogP contribution in [0.15, 0.2) is 6.33 Å². The molecule has 2 rings (SSSR count). The number of ketones is 1. The third kappa shape index (κ3) is 0.546. The first-order valence-electron chi connectivity index (χ1n) is 3.34. The fraction of sp³-hybridized carbons (Fsp3) is 0.429. The minimum Gasteiger partial charge on any atom is -0.328 e. The molecule has 0 aromatic carbocycles. The molecule has 0 aliphatic carbocycles. The van der Waals surface area contributed by atoms with E-state index in [1.807, 2.05) is 11.5 Å². The van der Waals surface area contributed by atoms with Crippen LogP contribution in [0.2, 0.25) is 0 Å². The summed E-state index contributed by atoms with van der Waals surface area (Å²) >= 11 is 0. The molecule has 0 atom stereocenters. The van der Waals surface area contributed by atoms with Crippen LogP contribution in [0.5, 0.6) is 0 Å². The van der Waals surface area contributed by atoms with E-state index in [0.717, 1.165) is 17.9 Å². The summed E-state index contributed by atoms with van der Waals surface area (Å²) in [5.41, 5.74) is 1.67. The van der Waals surface area contributed by atoms with E-state index in [1.54, 1.807) is 6.33 Å². The maximum atomic E-state index is 11.1. The molecule has 0 fully saturated rings. The number of Topliss-reactive ketones (excluding diaryl/α,β-unsaturated/α-hetero) is 1. The van der Waals surface area contributed by atoms with E-state index in [-0.39, 0.29) is 5.78 Å². The Kier molecular flexibility index (Phi) is 0.952. The van der Waals surface area contributed by atoms with E-state index < -0.39 is 0 Å². The Morgan fingerprint density at radius 2 is 2.50 bits per heavy atom. The van der Waals surface area contributed by atoms with Gasteiger partial charge in [-0.2, -0.15) is 0 Å². The zero-order valence-corrected chi connectivity index (χ0v) is 5.79. The Balaban J connectivity index is 2.65. The summed E-state index contributed by atoms with van der Waals surface area (Å²) < 4.78 is 1.91. The highest BCUT2D eigenvalue weighted by molar-refractivity contribution is 5.97. The highest BCUT2D eigenvalue weighted by Gasteiger charge is 2.21. The quantitative estimate of drug-likeness (QED) is 0.528. The number of hydrogen-bond donors (Lipinski definition) is 0. The van der Waals surface area contributed by atoms with Crippen molar-refractivity contribution in [3.05, 3.63) is 17.7 Å². The van der Waals surface area contributed by atoms with Crippen LogP contribution in [-0.4, -0.2) is 15.3 Å². The molecule has 3 nitrogen and oxygen atoms in total. The maximum Gasteiger partial charge on any atom is 0.182 e. The highest BCUT2D eigenvalue weighted by Crippen LogP contribution is 2.16. The molecule has 52 valence electrons. The molecule has 0 bridgehead atoms. The molecule has 1 aliphatic heterocycles. The molecule has 0 unspecified atom stereocenters. The van der Waals surface area contributed by atoms with Crippen molar-refractivity contribution in [3.63, 3.8) is 0 Å². The fourth-order valence-corrected chi connectivity index (χ4v) is 1.35. The van der Waals surface area contributed by atoms with Crippen molar-refractivity contribution in [1.29, 1.82) is 0 Å². The lowest BCUT2D eigenvalue weighted by molar-refractivity contribution is 0.0993. The van der Waals surface area contributed by atoms with E-state index >= 15 is 0 Å². The van der Waals surface area contributed by atoms with Gasteiger partial charge in [0.25, 0.3) is 0 Å². The topological polar surface area (TPSA) is 34.9 Å². The zero-order valence-electron chi connectivity index (χ0n) is 5.79. The third-order valence-corrected chi connectivity index (χ3v) is 1.86. The monoisotopic (exact) mass is 136 g/mol. The Hall–Kier alpha value is -1.12. The van der Waals surface area contributed by atoms with Crippen LogP contribution < -0.4 is 0 Å². The molecule has 0 N–H and O–H groups in total. The van der Waals surface area contributed by atoms with Gasteiger partial charge in [0.05, 0.1) is 12.0 Å². The van der Waals surface area contributed by atoms with Crippen molar-refractivity contribution in [3.8, 4) is 0 Å². The first kappa shape index (κ1) is 5.65. The van der Waals surface area contributed by atoms with Gasteiger partial charge in [0.15, 0.2) is 5.78 Å². The number of hydrogen-bond acceptors (Lipinski definition) is 2. The summed E-state index contributed by atoms with van der Waals surface area (Å²) in [6, 6.07) is 0. The summed E-state index contributed by atoms with van der Waals surface area (Å²) in [5, 5.41) is 0. The number of nitrogens with zero attached hydrogens (tertiary/aromatic N) is 2. The van der Waals surface area contributed by atoms with Gasteiger partial charge in [0, 0.05) is 13.0 Å². The number of aryl methyl sites for hydroxylation is 2. The molecule has 10 heavy (non-hydrogen) atoms. The van der Waals surface area contributed by atoms with Gasteiger partial charge < -0.3 is 4.57 Å². The Labute approximate surface area is 58.7 Å². The lowest BCUT2D eigenvalue weighted by atomic mass is 10.2. The second-order valence-corrected chi connectivity index (χ2v) is 2.55. The number of imidazole rings is 1. The molecule has 0 saturated carbocycles. The smallest absolute Gasteiger partial charge is 0.182 e. The van der Waals surface area contributed by atoms with Crippen LogP contribution in [0.3, 0.4) is 0 Å². The van der Waals surface area contributed by atoms with Gasteiger partial charge in [-0.15, -0.1) is 0 Å². The summed E-state index contributed by atoms with van der Waals surface area (Å²) in [5.74, 6) is 0.231. The summed E-state index contributed by atoms with van der Waals surface area (Å²) in [6.45, 7) is 2.68. The van der Waals surface area contributed by atoms with Crippen LogP contribution in [0.25, 0.3) is 0 Å². The summed E-state index contributed by atoms with van der Waals surface area (Å²) in [7, 11) is 0. The molecule has 1 aromatic rings. The lowest BCUT2D eigenvalue weighted by Gasteiger charge is -1.89. The molecule has 0 spiro atoms. The number of fused-ring (bicyclic) bond motifs is 1. The maximum absolute atomic E-state index is 11.1. The van der Waals surface area contributed by atoms with E-state index in [9.17, 15) is 4.79 Å². The number of aromatic nitrogens is 2. The normalized spacial score (nSPS) is 15.9. The molecule has 1 aromatic heterocycles. The molecule has 1 aliphatic rings. The van der Waals surface area contributed by atoms with Gasteiger partial charge in [-0.05, 0) is 6.92 Å². The van der Waals surface area contributed by atoms with Gasteiger partial charge in [-0.3, -0.25) is 4.79 Å². The van der Waals surface area contributed by atoms with Crippen LogP contribution >= 0.6 is 0 Å². The number of carbonyl (C=O) groups is 1. The van der Waals surface area contributed by atoms with Crippen molar-refractivity contribution < 1.29 is 4.79 Å². The van der Waals surface area contributed by atoms with Gasteiger partial charge >= 0.3 is 0 Å². The fourth-order valence-electron chi connectivity index (χ4n) is 1.35. The van der Waals surface area contributed by atoms with Crippen LogP contribution in [0, 0.1) is 6.92 Å². The lowest BCUT2D eigenvalue weighted by Crippen LogP contribution is -1.94. The third-order valence-electron chi connectivity index (χ3n) is 1.86. The Bertz CT molecular complexity index is 288. The van der Waals surface area contributed by atoms with E-state index in [4.69, 9.17) is 0 Å². The van der Waals surface area contributed by atoms with Crippen LogP contribution in [0.4, 0.5) is 0 Å². The summed E-state index contributed by atoms with van der Waals surface area (Å²) in [4.78, 5) is 15.1. The Morgan fingerprint density at radius 1 is 1.70 bits per heavy atom. The minimum atomic E-state index is 0.231. The SMILES string of the molecule is Cc1ncn2c1C(=O)CC2. The summed E-state index contributed by atoms with van der Waals surface area (Å²) in [6.07, 6.45) is 2.38. The highest BCUT2D eigenvalue weighted by atomic mass is 16.1. The molecule has 0 amide bonds. The molecular formula is C7H8N2O. The van der Waals surface area contributed by atoms with Crippen molar-refractivity contribution in [2.45, 2.75) is 19.9 Å².